The average Bonchev–Trinajstić information content (AvgIpc) is 2.10. The van der Waals surface area contributed by atoms with Crippen molar-refractivity contribution in [3.05, 3.63) is 22.7 Å². The van der Waals surface area contributed by atoms with Crippen molar-refractivity contribution in [2.45, 2.75) is 12.8 Å². The first-order valence-electron chi connectivity index (χ1n) is 3.83. The fourth-order valence-electron chi connectivity index (χ4n) is 0.993. The molecule has 0 atom stereocenters. The maximum Gasteiger partial charge on any atom is 0.417 e. The molecule has 0 aromatic heterocycles. The molecule has 0 spiro atoms. The van der Waals surface area contributed by atoms with Crippen molar-refractivity contribution in [2.24, 2.45) is 0 Å². The van der Waals surface area contributed by atoms with E-state index in [0.29, 0.717) is 12.1 Å². The van der Waals surface area contributed by atoms with Crippen LogP contribution in [0.15, 0.2) is 12.1 Å². The van der Waals surface area contributed by atoms with Gasteiger partial charge in [-0.3, -0.25) is 0 Å². The molecule has 16 heavy (non-hydrogen) atoms. The van der Waals surface area contributed by atoms with Gasteiger partial charge in [-0.25, -0.2) is 0 Å². The summed E-state index contributed by atoms with van der Waals surface area (Å²) < 4.78 is 64.4. The van der Waals surface area contributed by atoms with Crippen LogP contribution in [0.5, 0.6) is 5.75 Å². The molecule has 1 aromatic carbocycles. The number of anilines is 1. The molecule has 0 aliphatic rings. The molecular weight excluding hydrogens is 257 g/mol. The Balaban J connectivity index is 3.19. The number of nitrogens with two attached hydrogens (primary N) is 1. The highest BCUT2D eigenvalue weighted by molar-refractivity contribution is 6.34. The molecule has 1 aromatic rings. The maximum absolute atomic E-state index is 12.3. The molecule has 0 radical (unpaired) electrons. The number of rotatable bonds is 2. The molecule has 0 bridgehead atoms. The Morgan fingerprint density at radius 3 is 2.25 bits per heavy atom. The zero-order valence-electron chi connectivity index (χ0n) is 7.49. The van der Waals surface area contributed by atoms with Crippen LogP contribution in [0.4, 0.5) is 27.6 Å². The van der Waals surface area contributed by atoms with Crippen LogP contribution in [-0.4, -0.2) is 6.61 Å². The van der Waals surface area contributed by atoms with Gasteiger partial charge in [0.15, 0.2) is 5.75 Å². The van der Waals surface area contributed by atoms with Crippen molar-refractivity contribution < 1.29 is 26.7 Å². The van der Waals surface area contributed by atoms with E-state index in [1.165, 1.54) is 0 Å². The molecule has 90 valence electrons. The Bertz CT molecular complexity index is 393. The molecule has 0 aliphatic heterocycles. The fourth-order valence-corrected chi connectivity index (χ4v) is 1.26. The van der Waals surface area contributed by atoms with Crippen molar-refractivity contribution in [3.63, 3.8) is 0 Å². The Morgan fingerprint density at radius 1 is 1.25 bits per heavy atom. The van der Waals surface area contributed by atoms with Crippen LogP contribution in [0, 0.1) is 0 Å². The van der Waals surface area contributed by atoms with Gasteiger partial charge in [-0.2, -0.15) is 22.0 Å². The number of alkyl halides is 5. The minimum Gasteiger partial charge on any atom is -0.433 e. The zero-order valence-corrected chi connectivity index (χ0v) is 8.24. The number of halogens is 6. The van der Waals surface area contributed by atoms with Gasteiger partial charge in [0.1, 0.15) is 0 Å². The lowest BCUT2D eigenvalue weighted by atomic mass is 10.2. The van der Waals surface area contributed by atoms with Gasteiger partial charge in [0.05, 0.1) is 16.3 Å². The molecule has 0 fully saturated rings. The van der Waals surface area contributed by atoms with Crippen molar-refractivity contribution in [2.75, 3.05) is 5.73 Å². The standard InChI is InChI=1S/C8H5ClF5NO/c9-5-3(8(12,13)14)1-2-4(6(5)15)16-7(10)11/h1-2,7H,15H2. The molecule has 0 amide bonds. The van der Waals surface area contributed by atoms with Gasteiger partial charge in [-0.15, -0.1) is 0 Å². The summed E-state index contributed by atoms with van der Waals surface area (Å²) in [5.41, 5.74) is 3.27. The van der Waals surface area contributed by atoms with E-state index in [1.54, 1.807) is 0 Å². The third-order valence-electron chi connectivity index (χ3n) is 1.66. The van der Waals surface area contributed by atoms with Crippen LogP contribution in [0.1, 0.15) is 5.56 Å². The largest absolute Gasteiger partial charge is 0.433 e. The lowest BCUT2D eigenvalue weighted by Crippen LogP contribution is -2.10. The van der Waals surface area contributed by atoms with E-state index in [2.05, 4.69) is 4.74 Å². The predicted molar refractivity (Wildman–Crippen MR) is 47.5 cm³/mol. The number of nitrogen functional groups attached to an aromatic ring is 1. The van der Waals surface area contributed by atoms with E-state index in [9.17, 15) is 22.0 Å². The monoisotopic (exact) mass is 261 g/mol. The highest BCUT2D eigenvalue weighted by Crippen LogP contribution is 2.41. The summed E-state index contributed by atoms with van der Waals surface area (Å²) >= 11 is 5.30. The molecule has 2 nitrogen and oxygen atoms in total. The van der Waals surface area contributed by atoms with Gasteiger partial charge in [-0.1, -0.05) is 11.6 Å². The normalized spacial score (nSPS) is 11.9. The topological polar surface area (TPSA) is 35.2 Å². The zero-order chi connectivity index (χ0) is 12.5. The highest BCUT2D eigenvalue weighted by atomic mass is 35.5. The molecular formula is C8H5ClF5NO. The van der Waals surface area contributed by atoms with Gasteiger partial charge < -0.3 is 10.5 Å². The average molecular weight is 262 g/mol. The van der Waals surface area contributed by atoms with Gasteiger partial charge in [0, 0.05) is 0 Å². The van der Waals surface area contributed by atoms with Crippen LogP contribution >= 0.6 is 11.6 Å². The summed E-state index contributed by atoms with van der Waals surface area (Å²) in [6.07, 6.45) is -4.70. The van der Waals surface area contributed by atoms with Crippen LogP contribution in [-0.2, 0) is 6.18 Å². The van der Waals surface area contributed by atoms with Gasteiger partial charge in [-0.05, 0) is 12.1 Å². The quantitative estimate of drug-likeness (QED) is 0.653. The minimum absolute atomic E-state index is 0.524. The number of ether oxygens (including phenoxy) is 1. The Labute approximate surface area is 91.7 Å². The molecule has 0 saturated carbocycles. The summed E-state index contributed by atoms with van der Waals surface area (Å²) in [5.74, 6) is -0.590. The first-order valence-corrected chi connectivity index (χ1v) is 4.21. The van der Waals surface area contributed by atoms with Crippen LogP contribution < -0.4 is 10.5 Å². The lowest BCUT2D eigenvalue weighted by molar-refractivity contribution is -0.137. The summed E-state index contributed by atoms with van der Waals surface area (Å²) in [6.45, 7) is -3.19. The molecule has 0 saturated heterocycles. The van der Waals surface area contributed by atoms with E-state index in [1.807, 2.05) is 0 Å². The van der Waals surface area contributed by atoms with Crippen LogP contribution in [0.25, 0.3) is 0 Å². The van der Waals surface area contributed by atoms with Crippen LogP contribution in [0.3, 0.4) is 0 Å². The third kappa shape index (κ3) is 2.66. The van der Waals surface area contributed by atoms with Crippen molar-refractivity contribution in [1.29, 1.82) is 0 Å². The number of benzene rings is 1. The second kappa shape index (κ2) is 4.32. The number of hydrogen-bond acceptors (Lipinski definition) is 2. The molecule has 0 heterocycles. The highest BCUT2D eigenvalue weighted by Gasteiger charge is 2.34. The predicted octanol–water partition coefficient (Wildman–Crippen LogP) is 3.54. The molecule has 2 N–H and O–H groups in total. The van der Waals surface area contributed by atoms with E-state index in [0.717, 1.165) is 0 Å². The summed E-state index contributed by atoms with van der Waals surface area (Å²) in [7, 11) is 0. The Kier molecular flexibility index (Phi) is 3.47. The van der Waals surface area contributed by atoms with Gasteiger partial charge in [0.25, 0.3) is 0 Å². The van der Waals surface area contributed by atoms with Crippen molar-refractivity contribution >= 4 is 17.3 Å². The van der Waals surface area contributed by atoms with Crippen molar-refractivity contribution in [3.8, 4) is 5.75 Å². The molecule has 8 heteroatoms. The van der Waals surface area contributed by atoms with E-state index in [-0.39, 0.29) is 0 Å². The number of hydrogen-bond donors (Lipinski definition) is 1. The SMILES string of the molecule is Nc1c(OC(F)F)ccc(C(F)(F)F)c1Cl. The summed E-state index contributed by atoms with van der Waals surface area (Å²) in [6, 6.07) is 1.21. The molecule has 0 unspecified atom stereocenters. The lowest BCUT2D eigenvalue weighted by Gasteiger charge is -2.13. The second-order valence-corrected chi connectivity index (χ2v) is 3.09. The smallest absolute Gasteiger partial charge is 0.417 e. The first kappa shape index (κ1) is 12.8. The van der Waals surface area contributed by atoms with Crippen molar-refractivity contribution in [1.82, 2.24) is 0 Å². The Morgan fingerprint density at radius 2 is 1.81 bits per heavy atom. The summed E-state index contributed by atoms with van der Waals surface area (Å²) in [4.78, 5) is 0. The molecule has 0 aliphatic carbocycles. The maximum atomic E-state index is 12.3. The first-order chi connectivity index (χ1) is 7.23. The minimum atomic E-state index is -4.70. The molecule has 1 rings (SSSR count). The van der Waals surface area contributed by atoms with Gasteiger partial charge in [0.2, 0.25) is 0 Å². The fraction of sp³-hybridized carbons (Fsp3) is 0.250. The van der Waals surface area contributed by atoms with Crippen LogP contribution in [0.2, 0.25) is 5.02 Å². The van der Waals surface area contributed by atoms with Gasteiger partial charge >= 0.3 is 12.8 Å². The van der Waals surface area contributed by atoms with E-state index >= 15 is 0 Å². The second-order valence-electron chi connectivity index (χ2n) is 2.72. The third-order valence-corrected chi connectivity index (χ3v) is 2.07. The van der Waals surface area contributed by atoms with E-state index < -0.39 is 34.8 Å². The van der Waals surface area contributed by atoms with E-state index in [4.69, 9.17) is 17.3 Å². The summed E-state index contributed by atoms with van der Waals surface area (Å²) in [5, 5.41) is -0.856. The Hall–Kier alpha value is -1.24.